The van der Waals surface area contributed by atoms with E-state index in [2.05, 4.69) is 25.5 Å². The molecule has 5 heterocycles. The van der Waals surface area contributed by atoms with Crippen LogP contribution in [0.3, 0.4) is 0 Å². The second-order valence-electron chi connectivity index (χ2n) is 9.29. The molecule has 170 valence electrons. The lowest BCUT2D eigenvalue weighted by molar-refractivity contribution is -0.143. The number of ether oxygens (including phenoxy) is 1. The Kier molecular flexibility index (Phi) is 4.49. The number of carbonyl (C=O) groups is 1. The lowest BCUT2D eigenvalue weighted by atomic mass is 9.67. The molecule has 4 aromatic heterocycles. The van der Waals surface area contributed by atoms with E-state index in [1.807, 2.05) is 33.8 Å². The highest BCUT2D eigenvalue weighted by atomic mass is 16.5. The Balaban J connectivity index is 1.22. The van der Waals surface area contributed by atoms with E-state index in [0.717, 1.165) is 66.6 Å². The second-order valence-corrected chi connectivity index (χ2v) is 9.29. The molecule has 1 amide bonds. The van der Waals surface area contributed by atoms with Gasteiger partial charge in [-0.25, -0.2) is 0 Å². The van der Waals surface area contributed by atoms with Gasteiger partial charge in [0.05, 0.1) is 12.5 Å². The second kappa shape index (κ2) is 7.43. The molecule has 10 heteroatoms. The number of aromatic amines is 1. The zero-order valence-corrected chi connectivity index (χ0v) is 18.7. The monoisotopic (exact) mass is 446 g/mol. The van der Waals surface area contributed by atoms with Crippen LogP contribution in [-0.4, -0.2) is 66.6 Å². The molecule has 0 unspecified atom stereocenters. The van der Waals surface area contributed by atoms with Crippen molar-refractivity contribution in [1.82, 2.24) is 34.4 Å². The molecule has 2 N–H and O–H groups in total. The van der Waals surface area contributed by atoms with Crippen molar-refractivity contribution in [2.24, 2.45) is 5.41 Å². The van der Waals surface area contributed by atoms with Gasteiger partial charge >= 0.3 is 0 Å². The number of methoxy groups -OCH3 is 1. The van der Waals surface area contributed by atoms with Crippen molar-refractivity contribution in [1.29, 1.82) is 0 Å². The fraction of sp³-hybridized carbons (Fsp3) is 0.435. The van der Waals surface area contributed by atoms with Crippen LogP contribution < -0.4 is 10.1 Å². The standard InChI is InChI=1S/C23H26N8O2/c1-14(32)31-11-23(12-31)7-5-16(6-8-23)26-22-27-20-19(21(28-22)33-2)17(9-24-20)15-3-4-18-29-25-13-30(18)10-15/h3-4,9-10,13,16H,5-8,11-12H2,1-2H3,(H2,24,26,27,28). The molecule has 4 aromatic rings. The first-order valence-corrected chi connectivity index (χ1v) is 11.3. The van der Waals surface area contributed by atoms with E-state index >= 15 is 0 Å². The summed E-state index contributed by atoms with van der Waals surface area (Å²) >= 11 is 0. The summed E-state index contributed by atoms with van der Waals surface area (Å²) in [6.07, 6.45) is 9.92. The predicted molar refractivity (Wildman–Crippen MR) is 123 cm³/mol. The molecule has 6 rings (SSSR count). The van der Waals surface area contributed by atoms with Crippen LogP contribution >= 0.6 is 0 Å². The van der Waals surface area contributed by atoms with Gasteiger partial charge < -0.3 is 19.9 Å². The molecule has 2 fully saturated rings. The fourth-order valence-corrected chi connectivity index (χ4v) is 5.29. The van der Waals surface area contributed by atoms with Crippen molar-refractivity contribution in [2.45, 2.75) is 38.6 Å². The number of nitrogens with one attached hydrogen (secondary N) is 2. The van der Waals surface area contributed by atoms with Crippen molar-refractivity contribution in [3.63, 3.8) is 0 Å². The van der Waals surface area contributed by atoms with Crippen molar-refractivity contribution in [2.75, 3.05) is 25.5 Å². The lowest BCUT2D eigenvalue weighted by Crippen LogP contribution is -2.59. The van der Waals surface area contributed by atoms with Crippen LogP contribution in [0.1, 0.15) is 32.6 Å². The van der Waals surface area contributed by atoms with Gasteiger partial charge in [0, 0.05) is 55.0 Å². The minimum Gasteiger partial charge on any atom is -0.480 e. The first-order chi connectivity index (χ1) is 16.0. The molecule has 0 aromatic carbocycles. The third kappa shape index (κ3) is 3.37. The molecule has 0 bridgehead atoms. The van der Waals surface area contributed by atoms with Crippen molar-refractivity contribution in [3.8, 4) is 17.0 Å². The summed E-state index contributed by atoms with van der Waals surface area (Å²) in [6, 6.07) is 4.25. The average Bonchev–Trinajstić information content (AvgIpc) is 3.44. The van der Waals surface area contributed by atoms with Crippen LogP contribution in [0.15, 0.2) is 30.9 Å². The van der Waals surface area contributed by atoms with Crippen LogP contribution in [0.5, 0.6) is 5.88 Å². The van der Waals surface area contributed by atoms with Gasteiger partial charge in [0.2, 0.25) is 17.7 Å². The van der Waals surface area contributed by atoms with Crippen LogP contribution in [0.4, 0.5) is 5.95 Å². The largest absolute Gasteiger partial charge is 0.480 e. The topological polar surface area (TPSA) is 113 Å². The summed E-state index contributed by atoms with van der Waals surface area (Å²) in [7, 11) is 1.63. The molecule has 2 aliphatic rings. The number of hydrogen-bond donors (Lipinski definition) is 2. The molecular weight excluding hydrogens is 420 g/mol. The highest BCUT2D eigenvalue weighted by Crippen LogP contribution is 2.44. The van der Waals surface area contributed by atoms with Gasteiger partial charge in [0.1, 0.15) is 12.0 Å². The Bertz CT molecular complexity index is 1340. The molecule has 1 spiro atoms. The number of nitrogens with zero attached hydrogens (tertiary/aromatic N) is 6. The number of fused-ring (bicyclic) bond motifs is 2. The van der Waals surface area contributed by atoms with Crippen molar-refractivity contribution < 1.29 is 9.53 Å². The number of rotatable bonds is 4. The van der Waals surface area contributed by atoms with E-state index in [1.165, 1.54) is 0 Å². The molecular formula is C23H26N8O2. The number of aromatic nitrogens is 6. The number of carbonyl (C=O) groups excluding carboxylic acids is 1. The zero-order chi connectivity index (χ0) is 22.6. The third-order valence-corrected chi connectivity index (χ3v) is 7.17. The molecule has 33 heavy (non-hydrogen) atoms. The Morgan fingerprint density at radius 2 is 2.06 bits per heavy atom. The fourth-order valence-electron chi connectivity index (χ4n) is 5.29. The number of hydrogen-bond acceptors (Lipinski definition) is 7. The Labute approximate surface area is 190 Å². The number of H-pyrrole nitrogens is 1. The third-order valence-electron chi connectivity index (χ3n) is 7.17. The van der Waals surface area contributed by atoms with Crippen LogP contribution in [-0.2, 0) is 4.79 Å². The lowest BCUT2D eigenvalue weighted by Gasteiger charge is -2.53. The minimum absolute atomic E-state index is 0.182. The maximum absolute atomic E-state index is 11.5. The molecule has 1 saturated carbocycles. The van der Waals surface area contributed by atoms with Crippen LogP contribution in [0.2, 0.25) is 0 Å². The number of anilines is 1. The molecule has 0 atom stereocenters. The molecule has 0 radical (unpaired) electrons. The van der Waals surface area contributed by atoms with Gasteiger partial charge in [-0.3, -0.25) is 9.20 Å². The van der Waals surface area contributed by atoms with Gasteiger partial charge in [0.15, 0.2) is 5.65 Å². The summed E-state index contributed by atoms with van der Waals surface area (Å²) in [5.74, 6) is 1.29. The minimum atomic E-state index is 0.182. The van der Waals surface area contributed by atoms with E-state index in [9.17, 15) is 4.79 Å². The van der Waals surface area contributed by atoms with Crippen molar-refractivity contribution >= 4 is 28.5 Å². The summed E-state index contributed by atoms with van der Waals surface area (Å²) in [5.41, 5.74) is 3.79. The highest BCUT2D eigenvalue weighted by molar-refractivity contribution is 5.97. The summed E-state index contributed by atoms with van der Waals surface area (Å²) in [5, 5.41) is 12.4. The van der Waals surface area contributed by atoms with Gasteiger partial charge in [0.25, 0.3) is 0 Å². The van der Waals surface area contributed by atoms with Gasteiger partial charge in [-0.1, -0.05) is 0 Å². The summed E-state index contributed by atoms with van der Waals surface area (Å²) < 4.78 is 7.54. The first-order valence-electron chi connectivity index (χ1n) is 11.3. The quantitative estimate of drug-likeness (QED) is 0.495. The maximum Gasteiger partial charge on any atom is 0.228 e. The first kappa shape index (κ1) is 20.0. The average molecular weight is 447 g/mol. The molecule has 1 aliphatic heterocycles. The van der Waals surface area contributed by atoms with E-state index in [0.29, 0.717) is 23.3 Å². The normalized spacial score (nSPS) is 18.1. The smallest absolute Gasteiger partial charge is 0.228 e. The number of likely N-dealkylation sites (tertiary alicyclic amines) is 1. The zero-order valence-electron chi connectivity index (χ0n) is 18.7. The van der Waals surface area contributed by atoms with E-state index in [4.69, 9.17) is 9.72 Å². The predicted octanol–water partition coefficient (Wildman–Crippen LogP) is 2.88. The van der Waals surface area contributed by atoms with Gasteiger partial charge in [-0.05, 0) is 37.8 Å². The Hall–Kier alpha value is -3.69. The van der Waals surface area contributed by atoms with E-state index in [1.54, 1.807) is 20.4 Å². The molecule has 1 saturated heterocycles. The Morgan fingerprint density at radius 1 is 1.24 bits per heavy atom. The number of pyridine rings is 1. The highest BCUT2D eigenvalue weighted by Gasteiger charge is 2.46. The van der Waals surface area contributed by atoms with E-state index < -0.39 is 0 Å². The maximum atomic E-state index is 11.5. The van der Waals surface area contributed by atoms with Crippen molar-refractivity contribution in [3.05, 3.63) is 30.9 Å². The summed E-state index contributed by atoms with van der Waals surface area (Å²) in [6.45, 7) is 3.45. The van der Waals surface area contributed by atoms with E-state index in [-0.39, 0.29) is 5.91 Å². The molecule has 10 nitrogen and oxygen atoms in total. The van der Waals surface area contributed by atoms with Gasteiger partial charge in [-0.2, -0.15) is 9.97 Å². The Morgan fingerprint density at radius 3 is 2.82 bits per heavy atom. The molecule has 1 aliphatic carbocycles. The SMILES string of the molecule is COc1nc(NC2CCC3(CC2)CN(C(C)=O)C3)nc2[nH]cc(-c3ccc4nncn4c3)c12. The van der Waals surface area contributed by atoms with Crippen LogP contribution in [0.25, 0.3) is 27.8 Å². The summed E-state index contributed by atoms with van der Waals surface area (Å²) in [4.78, 5) is 26.2. The van der Waals surface area contributed by atoms with Crippen LogP contribution in [0, 0.1) is 5.41 Å². The van der Waals surface area contributed by atoms with Gasteiger partial charge in [-0.15, -0.1) is 10.2 Å². The number of amides is 1.